The van der Waals surface area contributed by atoms with Crippen molar-refractivity contribution in [2.24, 2.45) is 5.73 Å². The maximum atomic E-state index is 6.35. The molecule has 1 fully saturated rings. The van der Waals surface area contributed by atoms with Crippen LogP contribution in [0.25, 0.3) is 0 Å². The van der Waals surface area contributed by atoms with Crippen molar-refractivity contribution in [3.8, 4) is 0 Å². The van der Waals surface area contributed by atoms with Crippen molar-refractivity contribution in [3.05, 3.63) is 35.9 Å². The van der Waals surface area contributed by atoms with E-state index in [4.69, 9.17) is 5.73 Å². The molecule has 1 saturated carbocycles. The fraction of sp³-hybridized carbons (Fsp3) is 0.571. The molecule has 0 spiro atoms. The molecule has 0 aromatic heterocycles. The van der Waals surface area contributed by atoms with E-state index in [1.807, 2.05) is 0 Å². The summed E-state index contributed by atoms with van der Waals surface area (Å²) in [6.45, 7) is 2.20. The van der Waals surface area contributed by atoms with E-state index in [2.05, 4.69) is 37.3 Å². The highest BCUT2D eigenvalue weighted by Gasteiger charge is 2.39. The van der Waals surface area contributed by atoms with Gasteiger partial charge in [0.1, 0.15) is 0 Å². The van der Waals surface area contributed by atoms with E-state index in [9.17, 15) is 0 Å². The summed E-state index contributed by atoms with van der Waals surface area (Å²) in [5, 5.41) is 0. The van der Waals surface area contributed by atoms with Gasteiger partial charge in [-0.3, -0.25) is 0 Å². The second-order valence-electron chi connectivity index (χ2n) is 4.74. The summed E-state index contributed by atoms with van der Waals surface area (Å²) in [6, 6.07) is 11.2. The molecular weight excluding hydrogens is 182 g/mol. The third-order valence-electron chi connectivity index (χ3n) is 3.99. The van der Waals surface area contributed by atoms with Crippen LogP contribution in [0.15, 0.2) is 30.3 Å². The third-order valence-corrected chi connectivity index (χ3v) is 3.99. The quantitative estimate of drug-likeness (QED) is 0.802. The van der Waals surface area contributed by atoms with E-state index < -0.39 is 0 Å². The lowest BCUT2D eigenvalue weighted by molar-refractivity contribution is 0.342. The molecule has 1 nitrogen and oxygen atoms in total. The highest BCUT2D eigenvalue weighted by atomic mass is 14.7. The van der Waals surface area contributed by atoms with Gasteiger partial charge in [0.15, 0.2) is 0 Å². The van der Waals surface area contributed by atoms with Crippen LogP contribution in [0.2, 0.25) is 0 Å². The summed E-state index contributed by atoms with van der Waals surface area (Å²) in [5.41, 5.74) is 8.07. The molecule has 1 heteroatoms. The first-order valence-corrected chi connectivity index (χ1v) is 6.11. The van der Waals surface area contributed by atoms with Gasteiger partial charge in [-0.05, 0) is 24.8 Å². The van der Waals surface area contributed by atoms with Gasteiger partial charge in [-0.1, -0.05) is 50.1 Å². The lowest BCUT2D eigenvalue weighted by Crippen LogP contribution is -2.43. The van der Waals surface area contributed by atoms with Gasteiger partial charge in [0.05, 0.1) is 0 Å². The molecular formula is C14H21N. The Bertz CT molecular complexity index is 298. The number of nitrogens with two attached hydrogens (primary N) is 1. The summed E-state index contributed by atoms with van der Waals surface area (Å²) in [5.74, 6) is 0. The SMILES string of the molecule is CCC(N)C1(c2ccccc2)CCCC1. The number of rotatable bonds is 3. The molecule has 0 saturated heterocycles. The Morgan fingerprint density at radius 3 is 2.33 bits per heavy atom. The lowest BCUT2D eigenvalue weighted by Gasteiger charge is -2.35. The zero-order valence-corrected chi connectivity index (χ0v) is 9.58. The predicted octanol–water partition coefficient (Wildman–Crippen LogP) is 3.24. The minimum Gasteiger partial charge on any atom is -0.327 e. The summed E-state index contributed by atoms with van der Waals surface area (Å²) < 4.78 is 0. The van der Waals surface area contributed by atoms with Crippen LogP contribution in [0.3, 0.4) is 0 Å². The van der Waals surface area contributed by atoms with Crippen molar-refractivity contribution >= 4 is 0 Å². The summed E-state index contributed by atoms with van der Waals surface area (Å²) in [7, 11) is 0. The Balaban J connectivity index is 2.35. The Labute approximate surface area is 92.7 Å². The molecule has 0 amide bonds. The van der Waals surface area contributed by atoms with E-state index in [1.165, 1.54) is 31.2 Å². The van der Waals surface area contributed by atoms with E-state index in [-0.39, 0.29) is 5.41 Å². The standard InChI is InChI=1S/C14H21N/c1-2-13(15)14(10-6-7-11-14)12-8-4-3-5-9-12/h3-5,8-9,13H,2,6-7,10-11,15H2,1H3. The Morgan fingerprint density at radius 1 is 1.20 bits per heavy atom. The van der Waals surface area contributed by atoms with Crippen LogP contribution in [0.5, 0.6) is 0 Å². The minimum atomic E-state index is 0.274. The molecule has 2 rings (SSSR count). The summed E-state index contributed by atoms with van der Waals surface area (Å²) >= 11 is 0. The highest BCUT2D eigenvalue weighted by molar-refractivity contribution is 5.28. The molecule has 1 aliphatic carbocycles. The predicted molar refractivity (Wildman–Crippen MR) is 64.9 cm³/mol. The molecule has 2 N–H and O–H groups in total. The van der Waals surface area contributed by atoms with Gasteiger partial charge in [-0.15, -0.1) is 0 Å². The zero-order chi connectivity index (χ0) is 10.7. The Morgan fingerprint density at radius 2 is 1.80 bits per heavy atom. The molecule has 0 bridgehead atoms. The van der Waals surface area contributed by atoms with Gasteiger partial charge in [0, 0.05) is 11.5 Å². The van der Waals surface area contributed by atoms with Crippen molar-refractivity contribution in [2.75, 3.05) is 0 Å². The molecule has 1 aromatic carbocycles. The zero-order valence-electron chi connectivity index (χ0n) is 9.58. The third kappa shape index (κ3) is 1.81. The van der Waals surface area contributed by atoms with Gasteiger partial charge >= 0.3 is 0 Å². The van der Waals surface area contributed by atoms with Crippen molar-refractivity contribution in [1.82, 2.24) is 0 Å². The van der Waals surface area contributed by atoms with E-state index in [0.717, 1.165) is 6.42 Å². The van der Waals surface area contributed by atoms with Crippen molar-refractivity contribution in [1.29, 1.82) is 0 Å². The maximum absolute atomic E-state index is 6.35. The second-order valence-corrected chi connectivity index (χ2v) is 4.74. The molecule has 15 heavy (non-hydrogen) atoms. The van der Waals surface area contributed by atoms with Gasteiger partial charge < -0.3 is 5.73 Å². The first kappa shape index (κ1) is 10.7. The average molecular weight is 203 g/mol. The number of hydrogen-bond acceptors (Lipinski definition) is 1. The summed E-state index contributed by atoms with van der Waals surface area (Å²) in [4.78, 5) is 0. The van der Waals surface area contributed by atoms with Crippen molar-refractivity contribution in [2.45, 2.75) is 50.5 Å². The molecule has 1 aromatic rings. The number of hydrogen-bond donors (Lipinski definition) is 1. The molecule has 0 aliphatic heterocycles. The molecule has 1 atom stereocenters. The van der Waals surface area contributed by atoms with E-state index >= 15 is 0 Å². The molecule has 0 heterocycles. The normalized spacial score (nSPS) is 21.5. The highest BCUT2D eigenvalue weighted by Crippen LogP contribution is 2.43. The van der Waals surface area contributed by atoms with Crippen LogP contribution in [0.4, 0.5) is 0 Å². The van der Waals surface area contributed by atoms with Gasteiger partial charge in [0.2, 0.25) is 0 Å². The van der Waals surface area contributed by atoms with E-state index in [0.29, 0.717) is 6.04 Å². The van der Waals surface area contributed by atoms with Crippen LogP contribution in [-0.4, -0.2) is 6.04 Å². The Hall–Kier alpha value is -0.820. The van der Waals surface area contributed by atoms with Crippen molar-refractivity contribution in [3.63, 3.8) is 0 Å². The smallest absolute Gasteiger partial charge is 0.0134 e. The topological polar surface area (TPSA) is 26.0 Å². The van der Waals surface area contributed by atoms with Crippen LogP contribution in [0.1, 0.15) is 44.6 Å². The lowest BCUT2D eigenvalue weighted by atomic mass is 9.72. The van der Waals surface area contributed by atoms with Gasteiger partial charge in [0.25, 0.3) is 0 Å². The Kier molecular flexibility index (Phi) is 3.11. The van der Waals surface area contributed by atoms with Crippen molar-refractivity contribution < 1.29 is 0 Å². The van der Waals surface area contributed by atoms with Crippen LogP contribution in [0, 0.1) is 0 Å². The van der Waals surface area contributed by atoms with Crippen LogP contribution in [-0.2, 0) is 5.41 Å². The number of benzene rings is 1. The monoisotopic (exact) mass is 203 g/mol. The first-order chi connectivity index (χ1) is 7.29. The average Bonchev–Trinajstić information content (AvgIpc) is 2.79. The van der Waals surface area contributed by atoms with Crippen LogP contribution < -0.4 is 5.73 Å². The molecule has 1 aliphatic rings. The second kappa shape index (κ2) is 4.36. The van der Waals surface area contributed by atoms with E-state index in [1.54, 1.807) is 0 Å². The molecule has 0 radical (unpaired) electrons. The van der Waals surface area contributed by atoms with Crippen LogP contribution >= 0.6 is 0 Å². The molecule has 1 unspecified atom stereocenters. The maximum Gasteiger partial charge on any atom is 0.0134 e. The largest absolute Gasteiger partial charge is 0.327 e. The minimum absolute atomic E-state index is 0.274. The van der Waals surface area contributed by atoms with Gasteiger partial charge in [-0.2, -0.15) is 0 Å². The van der Waals surface area contributed by atoms with Gasteiger partial charge in [-0.25, -0.2) is 0 Å². The first-order valence-electron chi connectivity index (χ1n) is 6.11. The molecule has 82 valence electrons. The fourth-order valence-corrected chi connectivity index (χ4v) is 3.04. The fourth-order valence-electron chi connectivity index (χ4n) is 3.04. The summed E-state index contributed by atoms with van der Waals surface area (Å²) in [6.07, 6.45) is 6.29.